The molecule has 84 valence electrons. The lowest BCUT2D eigenvalue weighted by molar-refractivity contribution is 0.238. The molecule has 1 heterocycles. The summed E-state index contributed by atoms with van der Waals surface area (Å²) in [5, 5.41) is 15.1. The fourth-order valence-electron chi connectivity index (χ4n) is 1.18. The summed E-state index contributed by atoms with van der Waals surface area (Å²) in [5.41, 5.74) is 1.01. The Kier molecular flexibility index (Phi) is 5.00. The van der Waals surface area contributed by atoms with Gasteiger partial charge in [-0.15, -0.1) is 0 Å². The first kappa shape index (κ1) is 11.9. The Morgan fingerprint density at radius 2 is 2.07 bits per heavy atom. The Bertz CT molecular complexity index is 271. The largest absolute Gasteiger partial charge is 0.395 e. The van der Waals surface area contributed by atoms with Crippen LogP contribution in [0.2, 0.25) is 0 Å². The van der Waals surface area contributed by atoms with Gasteiger partial charge < -0.3 is 15.7 Å². The highest BCUT2D eigenvalue weighted by atomic mass is 16.3. The summed E-state index contributed by atoms with van der Waals surface area (Å²) in [6, 6.07) is 0.147. The average molecular weight is 210 g/mol. The Balaban J connectivity index is 2.43. The van der Waals surface area contributed by atoms with E-state index in [1.165, 1.54) is 0 Å². The molecule has 0 aliphatic heterocycles. The van der Waals surface area contributed by atoms with E-state index in [1.807, 2.05) is 6.92 Å². The molecule has 15 heavy (non-hydrogen) atoms. The van der Waals surface area contributed by atoms with E-state index in [-0.39, 0.29) is 12.6 Å². The van der Waals surface area contributed by atoms with Gasteiger partial charge in [0, 0.05) is 37.6 Å². The highest BCUT2D eigenvalue weighted by Gasteiger charge is 2.03. The minimum atomic E-state index is 0.147. The third-order valence-corrected chi connectivity index (χ3v) is 2.24. The van der Waals surface area contributed by atoms with Gasteiger partial charge in [0.15, 0.2) is 0 Å². The van der Waals surface area contributed by atoms with Crippen LogP contribution in [0.4, 0.5) is 5.95 Å². The first-order chi connectivity index (χ1) is 7.30. The Morgan fingerprint density at radius 1 is 1.40 bits per heavy atom. The second kappa shape index (κ2) is 6.31. The van der Waals surface area contributed by atoms with Crippen molar-refractivity contribution in [1.29, 1.82) is 0 Å². The van der Waals surface area contributed by atoms with Crippen LogP contribution in [0.1, 0.15) is 18.9 Å². The topological polar surface area (TPSA) is 70.1 Å². The average Bonchev–Trinajstić information content (AvgIpc) is 2.31. The number of nitrogens with zero attached hydrogens (tertiary/aromatic N) is 2. The molecule has 1 rings (SSSR count). The van der Waals surface area contributed by atoms with Gasteiger partial charge in [-0.3, -0.25) is 0 Å². The van der Waals surface area contributed by atoms with Gasteiger partial charge in [0.2, 0.25) is 5.95 Å². The normalized spacial score (nSPS) is 12.5. The van der Waals surface area contributed by atoms with E-state index < -0.39 is 0 Å². The Hall–Kier alpha value is -1.20. The van der Waals surface area contributed by atoms with Crippen LogP contribution in [0.25, 0.3) is 0 Å². The quantitative estimate of drug-likeness (QED) is 0.633. The molecule has 3 N–H and O–H groups in total. The molecule has 5 nitrogen and oxygen atoms in total. The minimum Gasteiger partial charge on any atom is -0.395 e. The van der Waals surface area contributed by atoms with Gasteiger partial charge in [-0.1, -0.05) is 6.92 Å². The maximum Gasteiger partial charge on any atom is 0.222 e. The van der Waals surface area contributed by atoms with E-state index >= 15 is 0 Å². The zero-order valence-corrected chi connectivity index (χ0v) is 9.20. The summed E-state index contributed by atoms with van der Waals surface area (Å²) in [6.45, 7) is 2.88. The molecule has 0 aliphatic rings. The van der Waals surface area contributed by atoms with Crippen molar-refractivity contribution >= 4 is 5.95 Å². The molecule has 0 saturated carbocycles. The second-order valence-corrected chi connectivity index (χ2v) is 3.33. The summed E-state index contributed by atoms with van der Waals surface area (Å²) in [5.74, 6) is 0.618. The van der Waals surface area contributed by atoms with Crippen LogP contribution < -0.4 is 10.6 Å². The maximum atomic E-state index is 8.98. The Morgan fingerprint density at radius 3 is 2.53 bits per heavy atom. The van der Waals surface area contributed by atoms with Crippen molar-refractivity contribution in [3.05, 3.63) is 18.0 Å². The minimum absolute atomic E-state index is 0.147. The molecule has 1 unspecified atom stereocenters. The van der Waals surface area contributed by atoms with Crippen molar-refractivity contribution in [2.24, 2.45) is 0 Å². The van der Waals surface area contributed by atoms with Gasteiger partial charge in [-0.25, -0.2) is 9.97 Å². The first-order valence-corrected chi connectivity index (χ1v) is 5.13. The number of hydrogen-bond acceptors (Lipinski definition) is 5. The predicted octanol–water partition coefficient (Wildman–Crippen LogP) is 0.379. The van der Waals surface area contributed by atoms with Crippen molar-refractivity contribution in [2.75, 3.05) is 19.0 Å². The third kappa shape index (κ3) is 3.81. The van der Waals surface area contributed by atoms with Crippen molar-refractivity contribution in [2.45, 2.75) is 25.9 Å². The molecular formula is C10H18N4O. The number of aliphatic hydroxyl groups is 1. The van der Waals surface area contributed by atoms with Gasteiger partial charge in [-0.2, -0.15) is 0 Å². The number of nitrogens with one attached hydrogen (secondary N) is 2. The lowest BCUT2D eigenvalue weighted by atomic mass is 10.2. The van der Waals surface area contributed by atoms with Crippen LogP contribution in [0.3, 0.4) is 0 Å². The fourth-order valence-corrected chi connectivity index (χ4v) is 1.18. The molecule has 0 amide bonds. The maximum absolute atomic E-state index is 8.98. The van der Waals surface area contributed by atoms with E-state index in [9.17, 15) is 0 Å². The molecule has 1 aromatic rings. The predicted molar refractivity (Wildman–Crippen MR) is 59.6 cm³/mol. The molecule has 0 aromatic carbocycles. The molecule has 0 radical (unpaired) electrons. The van der Waals surface area contributed by atoms with Crippen molar-refractivity contribution in [3.63, 3.8) is 0 Å². The smallest absolute Gasteiger partial charge is 0.222 e. The fraction of sp³-hybridized carbons (Fsp3) is 0.600. The molecule has 0 bridgehead atoms. The van der Waals surface area contributed by atoms with Crippen LogP contribution in [-0.2, 0) is 6.54 Å². The summed E-state index contributed by atoms with van der Waals surface area (Å²) < 4.78 is 0. The zero-order chi connectivity index (χ0) is 11.1. The SMILES string of the molecule is CCC(CO)NCc1cnc(NC)nc1. The van der Waals surface area contributed by atoms with Crippen molar-refractivity contribution in [3.8, 4) is 0 Å². The van der Waals surface area contributed by atoms with E-state index in [2.05, 4.69) is 20.6 Å². The zero-order valence-electron chi connectivity index (χ0n) is 9.20. The molecule has 0 saturated heterocycles. The molecule has 1 atom stereocenters. The number of hydrogen-bond donors (Lipinski definition) is 3. The highest BCUT2D eigenvalue weighted by Crippen LogP contribution is 2.00. The number of aliphatic hydroxyl groups excluding tert-OH is 1. The Labute approximate surface area is 90.0 Å². The van der Waals surface area contributed by atoms with Gasteiger partial charge in [0.25, 0.3) is 0 Å². The van der Waals surface area contributed by atoms with Gasteiger partial charge in [-0.05, 0) is 6.42 Å². The van der Waals surface area contributed by atoms with Gasteiger partial charge in [0.05, 0.1) is 6.61 Å². The second-order valence-electron chi connectivity index (χ2n) is 3.33. The van der Waals surface area contributed by atoms with Crippen LogP contribution in [0.15, 0.2) is 12.4 Å². The first-order valence-electron chi connectivity index (χ1n) is 5.13. The molecule has 5 heteroatoms. The molecule has 0 fully saturated rings. The lowest BCUT2D eigenvalue weighted by Crippen LogP contribution is -2.31. The summed E-state index contributed by atoms with van der Waals surface area (Å²) >= 11 is 0. The van der Waals surface area contributed by atoms with E-state index in [0.717, 1.165) is 12.0 Å². The third-order valence-electron chi connectivity index (χ3n) is 2.24. The van der Waals surface area contributed by atoms with Crippen molar-refractivity contribution < 1.29 is 5.11 Å². The number of aromatic nitrogens is 2. The molecule has 0 aliphatic carbocycles. The molecular weight excluding hydrogens is 192 g/mol. The summed E-state index contributed by atoms with van der Waals surface area (Å²) in [7, 11) is 1.78. The standard InChI is InChI=1S/C10H18N4O/c1-3-9(7-15)12-4-8-5-13-10(11-2)14-6-8/h5-6,9,12,15H,3-4,7H2,1-2H3,(H,11,13,14). The molecule has 0 spiro atoms. The number of anilines is 1. The van der Waals surface area contributed by atoms with Crippen LogP contribution in [0, 0.1) is 0 Å². The lowest BCUT2D eigenvalue weighted by Gasteiger charge is -2.13. The van der Waals surface area contributed by atoms with Crippen molar-refractivity contribution in [1.82, 2.24) is 15.3 Å². The monoisotopic (exact) mass is 210 g/mol. The van der Waals surface area contributed by atoms with Gasteiger partial charge >= 0.3 is 0 Å². The van der Waals surface area contributed by atoms with E-state index in [0.29, 0.717) is 12.5 Å². The highest BCUT2D eigenvalue weighted by molar-refractivity contribution is 5.23. The molecule has 1 aromatic heterocycles. The van der Waals surface area contributed by atoms with Crippen LogP contribution >= 0.6 is 0 Å². The van der Waals surface area contributed by atoms with E-state index in [4.69, 9.17) is 5.11 Å². The van der Waals surface area contributed by atoms with Gasteiger partial charge in [0.1, 0.15) is 0 Å². The van der Waals surface area contributed by atoms with E-state index in [1.54, 1.807) is 19.4 Å². The van der Waals surface area contributed by atoms with Crippen LogP contribution in [0.5, 0.6) is 0 Å². The number of rotatable bonds is 6. The van der Waals surface area contributed by atoms with Crippen LogP contribution in [-0.4, -0.2) is 34.8 Å². The summed E-state index contributed by atoms with van der Waals surface area (Å²) in [6.07, 6.45) is 4.46. The summed E-state index contributed by atoms with van der Waals surface area (Å²) in [4.78, 5) is 8.20.